The van der Waals surface area contributed by atoms with E-state index in [1.165, 1.54) is 23.3 Å². The van der Waals surface area contributed by atoms with Crippen LogP contribution in [0.15, 0.2) is 23.1 Å². The van der Waals surface area contributed by atoms with Gasteiger partial charge in [0.2, 0.25) is 0 Å². The molecule has 0 amide bonds. The largest absolute Gasteiger partial charge is 0.308 e. The van der Waals surface area contributed by atoms with E-state index in [1.54, 1.807) is 11.8 Å². The lowest BCUT2D eigenvalue weighted by Crippen LogP contribution is -2.33. The van der Waals surface area contributed by atoms with Crippen molar-refractivity contribution in [2.45, 2.75) is 30.2 Å². The molecule has 2 rings (SSSR count). The number of rotatable bonds is 2. The molecule has 15 heavy (non-hydrogen) atoms. The summed E-state index contributed by atoms with van der Waals surface area (Å²) in [6, 6.07) is 6.30. The molecule has 1 nitrogen and oxygen atoms in total. The zero-order chi connectivity index (χ0) is 10.9. The first-order valence-electron chi connectivity index (χ1n) is 5.25. The van der Waals surface area contributed by atoms with Gasteiger partial charge in [-0.25, -0.2) is 0 Å². The predicted octanol–water partition coefficient (Wildman–Crippen LogP) is 3.66. The molecule has 1 aliphatic heterocycles. The Morgan fingerprint density at radius 3 is 2.87 bits per heavy atom. The molecule has 0 bridgehead atoms. The molecule has 1 aliphatic rings. The van der Waals surface area contributed by atoms with Gasteiger partial charge in [-0.2, -0.15) is 0 Å². The van der Waals surface area contributed by atoms with Crippen molar-refractivity contribution in [1.82, 2.24) is 5.32 Å². The Bertz CT molecular complexity index is 359. The number of nitrogens with one attached hydrogen (secondary N) is 1. The van der Waals surface area contributed by atoms with E-state index >= 15 is 0 Å². The smallest absolute Gasteiger partial charge is 0.0457 e. The second-order valence-corrected chi connectivity index (χ2v) is 5.50. The van der Waals surface area contributed by atoms with Gasteiger partial charge in [0.25, 0.3) is 0 Å². The summed E-state index contributed by atoms with van der Waals surface area (Å²) in [5, 5.41) is 4.43. The summed E-state index contributed by atoms with van der Waals surface area (Å²) >= 11 is 8.04. The van der Waals surface area contributed by atoms with E-state index in [0.717, 1.165) is 11.6 Å². The Morgan fingerprint density at radius 2 is 2.27 bits per heavy atom. The van der Waals surface area contributed by atoms with Crippen molar-refractivity contribution in [2.75, 3.05) is 12.8 Å². The average Bonchev–Trinajstić information content (AvgIpc) is 2.67. The zero-order valence-corrected chi connectivity index (χ0v) is 10.7. The highest BCUT2D eigenvalue weighted by Crippen LogP contribution is 2.36. The summed E-state index contributed by atoms with van der Waals surface area (Å²) in [4.78, 5) is 1.28. The molecule has 1 aromatic rings. The van der Waals surface area contributed by atoms with Gasteiger partial charge in [-0.1, -0.05) is 11.6 Å². The molecule has 0 saturated carbocycles. The summed E-state index contributed by atoms with van der Waals surface area (Å²) in [5.41, 5.74) is 1.32. The maximum Gasteiger partial charge on any atom is 0.0457 e. The van der Waals surface area contributed by atoms with Crippen molar-refractivity contribution in [1.29, 1.82) is 0 Å². The predicted molar refractivity (Wildman–Crippen MR) is 67.8 cm³/mol. The summed E-state index contributed by atoms with van der Waals surface area (Å²) in [6.07, 6.45) is 4.50. The molecular formula is C12H16ClNS. The first-order chi connectivity index (χ1) is 7.15. The van der Waals surface area contributed by atoms with E-state index in [9.17, 15) is 0 Å². The number of benzene rings is 1. The SMILES string of the molecule is CSc1ccc(Cl)c(C2(C)CCCN2)c1. The number of hydrogen-bond donors (Lipinski definition) is 1. The minimum absolute atomic E-state index is 0.0722. The van der Waals surface area contributed by atoms with Crippen LogP contribution >= 0.6 is 23.4 Å². The van der Waals surface area contributed by atoms with Crippen LogP contribution in [-0.2, 0) is 5.54 Å². The van der Waals surface area contributed by atoms with Gasteiger partial charge in [0.15, 0.2) is 0 Å². The maximum atomic E-state index is 6.27. The van der Waals surface area contributed by atoms with E-state index in [4.69, 9.17) is 11.6 Å². The minimum Gasteiger partial charge on any atom is -0.308 e. The fourth-order valence-electron chi connectivity index (χ4n) is 2.18. The molecule has 1 heterocycles. The summed E-state index contributed by atoms with van der Waals surface area (Å²) in [5.74, 6) is 0. The molecule has 0 aliphatic carbocycles. The average molecular weight is 242 g/mol. The first-order valence-corrected chi connectivity index (χ1v) is 6.85. The summed E-state index contributed by atoms with van der Waals surface area (Å²) in [6.45, 7) is 3.33. The van der Waals surface area contributed by atoms with Crippen molar-refractivity contribution in [2.24, 2.45) is 0 Å². The molecular weight excluding hydrogens is 226 g/mol. The highest BCUT2D eigenvalue weighted by molar-refractivity contribution is 7.98. The second kappa shape index (κ2) is 4.36. The molecule has 0 spiro atoms. The molecule has 1 aromatic carbocycles. The molecule has 1 atom stereocenters. The Labute approximate surface area is 101 Å². The molecule has 0 aromatic heterocycles. The normalized spacial score (nSPS) is 25.8. The summed E-state index contributed by atoms with van der Waals surface area (Å²) in [7, 11) is 0. The third kappa shape index (κ3) is 2.17. The number of thioether (sulfide) groups is 1. The van der Waals surface area contributed by atoms with Gasteiger partial charge < -0.3 is 5.32 Å². The number of hydrogen-bond acceptors (Lipinski definition) is 2. The van der Waals surface area contributed by atoms with Crippen LogP contribution < -0.4 is 5.32 Å². The minimum atomic E-state index is 0.0722. The highest BCUT2D eigenvalue weighted by atomic mass is 35.5. The van der Waals surface area contributed by atoms with Crippen LogP contribution in [0.3, 0.4) is 0 Å². The monoisotopic (exact) mass is 241 g/mol. The molecule has 1 saturated heterocycles. The van der Waals surface area contributed by atoms with Crippen LogP contribution in [0.5, 0.6) is 0 Å². The lowest BCUT2D eigenvalue weighted by molar-refractivity contribution is 0.434. The van der Waals surface area contributed by atoms with Crippen molar-refractivity contribution < 1.29 is 0 Å². The van der Waals surface area contributed by atoms with Gasteiger partial charge in [-0.05, 0) is 56.3 Å². The van der Waals surface area contributed by atoms with Crippen LogP contribution in [0.2, 0.25) is 5.02 Å². The molecule has 3 heteroatoms. The van der Waals surface area contributed by atoms with Gasteiger partial charge in [0.1, 0.15) is 0 Å². The topological polar surface area (TPSA) is 12.0 Å². The van der Waals surface area contributed by atoms with E-state index < -0.39 is 0 Å². The van der Waals surface area contributed by atoms with Gasteiger partial charge in [0.05, 0.1) is 0 Å². The lowest BCUT2D eigenvalue weighted by atomic mass is 9.90. The zero-order valence-electron chi connectivity index (χ0n) is 9.14. The standard InChI is InChI=1S/C12H16ClNS/c1-12(6-3-7-14-12)10-8-9(15-2)4-5-11(10)13/h4-5,8,14H,3,6-7H2,1-2H3. The Kier molecular flexibility index (Phi) is 3.29. The lowest BCUT2D eigenvalue weighted by Gasteiger charge is -2.26. The van der Waals surface area contributed by atoms with Gasteiger partial charge in [0, 0.05) is 15.5 Å². The van der Waals surface area contributed by atoms with Gasteiger partial charge in [-0.15, -0.1) is 11.8 Å². The van der Waals surface area contributed by atoms with E-state index in [2.05, 4.69) is 30.6 Å². The van der Waals surface area contributed by atoms with Crippen LogP contribution in [0, 0.1) is 0 Å². The Hall–Kier alpha value is -0.180. The number of halogens is 1. The van der Waals surface area contributed by atoms with E-state index in [0.29, 0.717) is 0 Å². The molecule has 1 N–H and O–H groups in total. The Balaban J connectivity index is 2.41. The quantitative estimate of drug-likeness (QED) is 0.794. The fraction of sp³-hybridized carbons (Fsp3) is 0.500. The molecule has 1 fully saturated rings. The second-order valence-electron chi connectivity index (χ2n) is 4.21. The van der Waals surface area contributed by atoms with Crippen molar-refractivity contribution in [3.63, 3.8) is 0 Å². The highest BCUT2D eigenvalue weighted by Gasteiger charge is 2.31. The van der Waals surface area contributed by atoms with Crippen molar-refractivity contribution >= 4 is 23.4 Å². The first kappa shape index (κ1) is 11.3. The van der Waals surface area contributed by atoms with Crippen molar-refractivity contribution in [3.8, 4) is 0 Å². The third-order valence-corrected chi connectivity index (χ3v) is 4.19. The van der Waals surface area contributed by atoms with Crippen LogP contribution in [0.4, 0.5) is 0 Å². The van der Waals surface area contributed by atoms with Gasteiger partial charge >= 0.3 is 0 Å². The fourth-order valence-corrected chi connectivity index (χ4v) is 2.94. The van der Waals surface area contributed by atoms with E-state index in [1.807, 2.05) is 6.07 Å². The van der Waals surface area contributed by atoms with Gasteiger partial charge in [-0.3, -0.25) is 0 Å². The maximum absolute atomic E-state index is 6.27. The summed E-state index contributed by atoms with van der Waals surface area (Å²) < 4.78 is 0. The van der Waals surface area contributed by atoms with Crippen LogP contribution in [-0.4, -0.2) is 12.8 Å². The molecule has 82 valence electrons. The van der Waals surface area contributed by atoms with Crippen LogP contribution in [0.1, 0.15) is 25.3 Å². The molecule has 1 unspecified atom stereocenters. The Morgan fingerprint density at radius 1 is 1.47 bits per heavy atom. The van der Waals surface area contributed by atoms with Crippen molar-refractivity contribution in [3.05, 3.63) is 28.8 Å². The molecule has 0 radical (unpaired) electrons. The third-order valence-electron chi connectivity index (χ3n) is 3.14. The van der Waals surface area contributed by atoms with Crippen LogP contribution in [0.25, 0.3) is 0 Å². The van der Waals surface area contributed by atoms with E-state index in [-0.39, 0.29) is 5.54 Å².